The quantitative estimate of drug-likeness (QED) is 0.791. The highest BCUT2D eigenvalue weighted by Crippen LogP contribution is 2.13. The fraction of sp³-hybridized carbons (Fsp3) is 0.462. The third-order valence-corrected chi connectivity index (χ3v) is 3.01. The smallest absolute Gasteiger partial charge is 0.252 e. The van der Waals surface area contributed by atoms with Crippen molar-refractivity contribution in [1.29, 1.82) is 0 Å². The second-order valence-corrected chi connectivity index (χ2v) is 4.78. The fourth-order valence-corrected chi connectivity index (χ4v) is 1.75. The molecule has 0 saturated carbocycles. The van der Waals surface area contributed by atoms with Crippen LogP contribution in [0.5, 0.6) is 0 Å². The van der Waals surface area contributed by atoms with E-state index in [2.05, 4.69) is 31.8 Å². The Balaban J connectivity index is 2.74. The van der Waals surface area contributed by atoms with Crippen LogP contribution in [0.15, 0.2) is 29.2 Å². The third-order valence-electron chi connectivity index (χ3n) is 2.62. The van der Waals surface area contributed by atoms with Crippen molar-refractivity contribution >= 4 is 18.5 Å². The van der Waals surface area contributed by atoms with Crippen molar-refractivity contribution < 1.29 is 9.53 Å². The summed E-state index contributed by atoms with van der Waals surface area (Å²) in [5.41, 5.74) is 0.595. The lowest BCUT2D eigenvalue weighted by molar-refractivity contribution is 0.0864. The zero-order valence-electron chi connectivity index (χ0n) is 10.4. The molecule has 1 aromatic rings. The number of hydrogen-bond donors (Lipinski definition) is 2. The molecule has 1 aromatic carbocycles. The third kappa shape index (κ3) is 4.06. The van der Waals surface area contributed by atoms with Crippen LogP contribution in [-0.2, 0) is 4.74 Å². The van der Waals surface area contributed by atoms with Crippen LogP contribution < -0.4 is 5.32 Å². The first-order chi connectivity index (χ1) is 8.06. The van der Waals surface area contributed by atoms with Crippen LogP contribution in [0.2, 0.25) is 0 Å². The summed E-state index contributed by atoms with van der Waals surface area (Å²) < 4.78 is 5.10. The standard InChI is InChI=1S/C13H19NO2S/c1-9(2)11(8-16-3)14-13(15)10-6-4-5-7-12(10)17/h4-7,9,11,17H,8H2,1-3H3,(H,14,15). The Kier molecular flexibility index (Phi) is 5.51. The van der Waals surface area contributed by atoms with Crippen LogP contribution in [0.4, 0.5) is 0 Å². The average molecular weight is 253 g/mol. The molecule has 1 N–H and O–H groups in total. The summed E-state index contributed by atoms with van der Waals surface area (Å²) >= 11 is 4.27. The van der Waals surface area contributed by atoms with Crippen LogP contribution in [0.3, 0.4) is 0 Å². The number of nitrogens with one attached hydrogen (secondary N) is 1. The van der Waals surface area contributed by atoms with Crippen molar-refractivity contribution in [2.75, 3.05) is 13.7 Å². The molecule has 1 rings (SSSR count). The van der Waals surface area contributed by atoms with E-state index in [0.717, 1.165) is 0 Å². The molecular formula is C13H19NO2S. The van der Waals surface area contributed by atoms with Crippen molar-refractivity contribution in [3.63, 3.8) is 0 Å². The number of carbonyl (C=O) groups is 1. The van der Waals surface area contributed by atoms with E-state index in [1.54, 1.807) is 19.2 Å². The predicted molar refractivity (Wildman–Crippen MR) is 71.7 cm³/mol. The van der Waals surface area contributed by atoms with Gasteiger partial charge in [-0.25, -0.2) is 0 Å². The minimum atomic E-state index is -0.105. The largest absolute Gasteiger partial charge is 0.383 e. The molecule has 94 valence electrons. The SMILES string of the molecule is COCC(NC(=O)c1ccccc1S)C(C)C. The van der Waals surface area contributed by atoms with Gasteiger partial charge in [0.25, 0.3) is 5.91 Å². The summed E-state index contributed by atoms with van der Waals surface area (Å²) in [4.78, 5) is 12.7. The van der Waals surface area contributed by atoms with E-state index in [-0.39, 0.29) is 11.9 Å². The summed E-state index contributed by atoms with van der Waals surface area (Å²) in [6.45, 7) is 4.62. The van der Waals surface area contributed by atoms with Gasteiger partial charge >= 0.3 is 0 Å². The minimum Gasteiger partial charge on any atom is -0.383 e. The fourth-order valence-electron chi connectivity index (χ4n) is 1.49. The number of thiol groups is 1. The lowest BCUT2D eigenvalue weighted by Gasteiger charge is -2.21. The number of hydrogen-bond acceptors (Lipinski definition) is 3. The van der Waals surface area contributed by atoms with Gasteiger partial charge < -0.3 is 10.1 Å². The number of ether oxygens (including phenoxy) is 1. The van der Waals surface area contributed by atoms with Gasteiger partial charge in [-0.15, -0.1) is 12.6 Å². The molecule has 1 unspecified atom stereocenters. The second kappa shape index (κ2) is 6.67. The van der Waals surface area contributed by atoms with E-state index in [1.807, 2.05) is 12.1 Å². The Labute approximate surface area is 108 Å². The van der Waals surface area contributed by atoms with Gasteiger partial charge in [0.05, 0.1) is 18.2 Å². The van der Waals surface area contributed by atoms with E-state index in [0.29, 0.717) is 23.0 Å². The molecule has 17 heavy (non-hydrogen) atoms. The van der Waals surface area contributed by atoms with Crippen molar-refractivity contribution in [3.8, 4) is 0 Å². The molecule has 0 aromatic heterocycles. The lowest BCUT2D eigenvalue weighted by Crippen LogP contribution is -2.41. The molecule has 0 aliphatic heterocycles. The summed E-state index contributed by atoms with van der Waals surface area (Å²) in [5, 5.41) is 2.96. The van der Waals surface area contributed by atoms with Crippen LogP contribution >= 0.6 is 12.6 Å². The van der Waals surface area contributed by atoms with E-state index in [9.17, 15) is 4.79 Å². The van der Waals surface area contributed by atoms with E-state index in [1.165, 1.54) is 0 Å². The maximum Gasteiger partial charge on any atom is 0.252 e. The number of rotatable bonds is 5. The molecule has 0 aliphatic rings. The molecule has 0 aliphatic carbocycles. The summed E-state index contributed by atoms with van der Waals surface area (Å²) in [6, 6.07) is 7.27. The van der Waals surface area contributed by atoms with E-state index in [4.69, 9.17) is 4.74 Å². The minimum absolute atomic E-state index is 0.0143. The molecule has 1 atom stereocenters. The Bertz CT molecular complexity index is 379. The molecule has 0 heterocycles. The van der Waals surface area contributed by atoms with E-state index >= 15 is 0 Å². The average Bonchev–Trinajstić information content (AvgIpc) is 2.28. The maximum absolute atomic E-state index is 12.0. The van der Waals surface area contributed by atoms with Crippen LogP contribution in [0.25, 0.3) is 0 Å². The molecule has 0 bridgehead atoms. The van der Waals surface area contributed by atoms with Crippen LogP contribution in [0, 0.1) is 5.92 Å². The molecule has 3 nitrogen and oxygen atoms in total. The van der Waals surface area contributed by atoms with Crippen molar-refractivity contribution in [3.05, 3.63) is 29.8 Å². The molecule has 0 radical (unpaired) electrons. The molecule has 0 spiro atoms. The zero-order chi connectivity index (χ0) is 12.8. The Morgan fingerprint density at radius 1 is 1.41 bits per heavy atom. The second-order valence-electron chi connectivity index (χ2n) is 4.30. The Morgan fingerprint density at radius 2 is 2.06 bits per heavy atom. The number of amides is 1. The normalized spacial score (nSPS) is 12.5. The monoisotopic (exact) mass is 253 g/mol. The first-order valence-corrected chi connectivity index (χ1v) is 6.08. The predicted octanol–water partition coefficient (Wildman–Crippen LogP) is 2.38. The summed E-state index contributed by atoms with van der Waals surface area (Å²) in [5.74, 6) is 0.220. The first-order valence-electron chi connectivity index (χ1n) is 5.64. The zero-order valence-corrected chi connectivity index (χ0v) is 11.3. The Hall–Kier alpha value is -1.00. The van der Waals surface area contributed by atoms with Crippen LogP contribution in [0.1, 0.15) is 24.2 Å². The summed E-state index contributed by atoms with van der Waals surface area (Å²) in [7, 11) is 1.63. The van der Waals surface area contributed by atoms with Gasteiger partial charge in [0, 0.05) is 12.0 Å². The van der Waals surface area contributed by atoms with Gasteiger partial charge in [-0.2, -0.15) is 0 Å². The number of methoxy groups -OCH3 is 1. The molecule has 0 saturated heterocycles. The van der Waals surface area contributed by atoms with Crippen LogP contribution in [-0.4, -0.2) is 25.7 Å². The highest BCUT2D eigenvalue weighted by Gasteiger charge is 2.17. The molecule has 1 amide bonds. The first kappa shape index (κ1) is 14.1. The molecule has 4 heteroatoms. The van der Waals surface area contributed by atoms with Crippen molar-refractivity contribution in [2.24, 2.45) is 5.92 Å². The van der Waals surface area contributed by atoms with Gasteiger partial charge in [0.2, 0.25) is 0 Å². The maximum atomic E-state index is 12.0. The van der Waals surface area contributed by atoms with Crippen molar-refractivity contribution in [1.82, 2.24) is 5.32 Å². The molecular weight excluding hydrogens is 234 g/mol. The van der Waals surface area contributed by atoms with Gasteiger partial charge in [0.15, 0.2) is 0 Å². The Morgan fingerprint density at radius 3 is 2.59 bits per heavy atom. The summed E-state index contributed by atoms with van der Waals surface area (Å²) in [6.07, 6.45) is 0. The molecule has 0 fully saturated rings. The van der Waals surface area contributed by atoms with Gasteiger partial charge in [-0.1, -0.05) is 26.0 Å². The van der Waals surface area contributed by atoms with E-state index < -0.39 is 0 Å². The van der Waals surface area contributed by atoms with Crippen molar-refractivity contribution in [2.45, 2.75) is 24.8 Å². The highest BCUT2D eigenvalue weighted by atomic mass is 32.1. The topological polar surface area (TPSA) is 38.3 Å². The van der Waals surface area contributed by atoms with Gasteiger partial charge in [0.1, 0.15) is 0 Å². The van der Waals surface area contributed by atoms with Gasteiger partial charge in [-0.05, 0) is 18.1 Å². The lowest BCUT2D eigenvalue weighted by atomic mass is 10.0. The number of benzene rings is 1. The number of carbonyl (C=O) groups excluding carboxylic acids is 1. The van der Waals surface area contributed by atoms with Gasteiger partial charge in [-0.3, -0.25) is 4.79 Å². The highest BCUT2D eigenvalue weighted by molar-refractivity contribution is 7.80.